The van der Waals surface area contributed by atoms with Crippen molar-refractivity contribution < 1.29 is 9.53 Å². The van der Waals surface area contributed by atoms with Crippen molar-refractivity contribution >= 4 is 11.6 Å². The van der Waals surface area contributed by atoms with Crippen LogP contribution in [0.15, 0.2) is 18.2 Å². The molecule has 0 bridgehead atoms. The van der Waals surface area contributed by atoms with E-state index in [1.54, 1.807) is 7.11 Å². The van der Waals surface area contributed by atoms with E-state index >= 15 is 0 Å². The fourth-order valence-corrected chi connectivity index (χ4v) is 2.18. The predicted molar refractivity (Wildman–Crippen MR) is 85.9 cm³/mol. The van der Waals surface area contributed by atoms with Gasteiger partial charge in [0.1, 0.15) is 5.75 Å². The van der Waals surface area contributed by atoms with Crippen molar-refractivity contribution in [1.82, 2.24) is 5.32 Å². The normalized spacial score (nSPS) is 14.9. The van der Waals surface area contributed by atoms with Crippen LogP contribution in [0, 0.1) is 5.92 Å². The quantitative estimate of drug-likeness (QED) is 0.847. The molecule has 4 nitrogen and oxygen atoms in total. The van der Waals surface area contributed by atoms with Crippen molar-refractivity contribution in [2.24, 2.45) is 5.92 Å². The Kier molecular flexibility index (Phi) is 4.88. The number of hydrogen-bond acceptors (Lipinski definition) is 3. The lowest BCUT2D eigenvalue weighted by atomic mass is 9.87. The molecule has 1 aromatic carbocycles. The summed E-state index contributed by atoms with van der Waals surface area (Å²) in [5, 5.41) is 6.14. The number of nitrogens with one attached hydrogen (secondary N) is 2. The molecule has 116 valence electrons. The highest BCUT2D eigenvalue weighted by Gasteiger charge is 2.21. The van der Waals surface area contributed by atoms with Gasteiger partial charge in [0.05, 0.1) is 19.3 Å². The molecule has 2 rings (SSSR count). The average molecular weight is 290 g/mol. The van der Waals surface area contributed by atoms with Crippen LogP contribution in [0.3, 0.4) is 0 Å². The van der Waals surface area contributed by atoms with Crippen LogP contribution in [-0.4, -0.2) is 26.1 Å². The monoisotopic (exact) mass is 290 g/mol. The Balaban J connectivity index is 2.00. The van der Waals surface area contributed by atoms with Gasteiger partial charge in [-0.15, -0.1) is 0 Å². The third kappa shape index (κ3) is 4.74. The van der Waals surface area contributed by atoms with Crippen LogP contribution < -0.4 is 15.4 Å². The van der Waals surface area contributed by atoms with Crippen LogP contribution in [0.4, 0.5) is 5.69 Å². The summed E-state index contributed by atoms with van der Waals surface area (Å²) in [6, 6.07) is 5.95. The Morgan fingerprint density at radius 3 is 2.62 bits per heavy atom. The number of anilines is 1. The first-order chi connectivity index (χ1) is 9.90. The minimum Gasteiger partial charge on any atom is -0.495 e. The standard InChI is InChI=1S/C17H26N2O2/c1-17(2,3)13-7-8-15(21-4)14(9-13)19-16(20)11-18-10-12-5-6-12/h7-9,12,18H,5-6,10-11H2,1-4H3,(H,19,20). The summed E-state index contributed by atoms with van der Waals surface area (Å²) in [5.74, 6) is 1.44. The van der Waals surface area contributed by atoms with Crippen LogP contribution in [0.25, 0.3) is 0 Å². The zero-order valence-corrected chi connectivity index (χ0v) is 13.5. The Morgan fingerprint density at radius 1 is 1.33 bits per heavy atom. The van der Waals surface area contributed by atoms with E-state index in [-0.39, 0.29) is 11.3 Å². The highest BCUT2D eigenvalue weighted by atomic mass is 16.5. The van der Waals surface area contributed by atoms with Crippen molar-refractivity contribution in [3.63, 3.8) is 0 Å². The minimum absolute atomic E-state index is 0.0278. The smallest absolute Gasteiger partial charge is 0.238 e. The Hall–Kier alpha value is -1.55. The van der Waals surface area contributed by atoms with Crippen molar-refractivity contribution in [2.75, 3.05) is 25.5 Å². The fraction of sp³-hybridized carbons (Fsp3) is 0.588. The lowest BCUT2D eigenvalue weighted by Crippen LogP contribution is -2.29. The molecule has 0 atom stereocenters. The summed E-state index contributed by atoms with van der Waals surface area (Å²) in [6.07, 6.45) is 2.58. The lowest BCUT2D eigenvalue weighted by Gasteiger charge is -2.21. The number of ether oxygens (including phenoxy) is 1. The second-order valence-corrected chi connectivity index (χ2v) is 6.79. The molecule has 0 aliphatic heterocycles. The van der Waals surface area contributed by atoms with Gasteiger partial charge < -0.3 is 15.4 Å². The maximum atomic E-state index is 12.0. The van der Waals surface area contributed by atoms with Crippen molar-refractivity contribution in [2.45, 2.75) is 39.0 Å². The van der Waals surface area contributed by atoms with E-state index in [0.29, 0.717) is 12.3 Å². The number of rotatable bonds is 6. The molecule has 0 radical (unpaired) electrons. The van der Waals surface area contributed by atoms with Gasteiger partial charge in [0.25, 0.3) is 0 Å². The second-order valence-electron chi connectivity index (χ2n) is 6.79. The maximum Gasteiger partial charge on any atom is 0.238 e. The number of methoxy groups -OCH3 is 1. The van der Waals surface area contributed by atoms with Gasteiger partial charge in [0.2, 0.25) is 5.91 Å². The number of hydrogen-bond donors (Lipinski definition) is 2. The Morgan fingerprint density at radius 2 is 2.05 bits per heavy atom. The molecule has 0 unspecified atom stereocenters. The zero-order chi connectivity index (χ0) is 15.5. The van der Waals surface area contributed by atoms with E-state index in [1.165, 1.54) is 18.4 Å². The number of amides is 1. The van der Waals surface area contributed by atoms with Gasteiger partial charge in [0, 0.05) is 0 Å². The first-order valence-corrected chi connectivity index (χ1v) is 7.59. The molecule has 0 saturated heterocycles. The molecule has 4 heteroatoms. The molecular formula is C17H26N2O2. The molecule has 1 aromatic rings. The summed E-state index contributed by atoms with van der Waals surface area (Å²) in [7, 11) is 1.62. The fourth-order valence-electron chi connectivity index (χ4n) is 2.18. The summed E-state index contributed by atoms with van der Waals surface area (Å²) in [5.41, 5.74) is 1.95. The summed E-state index contributed by atoms with van der Waals surface area (Å²) in [4.78, 5) is 12.0. The predicted octanol–water partition coefficient (Wildman–Crippen LogP) is 2.93. The summed E-state index contributed by atoms with van der Waals surface area (Å²) in [6.45, 7) is 7.73. The van der Waals surface area contributed by atoms with Gasteiger partial charge in [0.15, 0.2) is 0 Å². The molecule has 1 aliphatic rings. The van der Waals surface area contributed by atoms with E-state index in [4.69, 9.17) is 4.74 Å². The van der Waals surface area contributed by atoms with Crippen LogP contribution in [0.5, 0.6) is 5.75 Å². The minimum atomic E-state index is -0.0278. The van der Waals surface area contributed by atoms with E-state index in [9.17, 15) is 4.79 Å². The van der Waals surface area contributed by atoms with Gasteiger partial charge in [-0.05, 0) is 48.4 Å². The van der Waals surface area contributed by atoms with Gasteiger partial charge in [-0.3, -0.25) is 4.79 Å². The first kappa shape index (κ1) is 15.8. The van der Waals surface area contributed by atoms with E-state index in [0.717, 1.165) is 18.2 Å². The molecule has 0 spiro atoms. The van der Waals surface area contributed by atoms with Gasteiger partial charge in [-0.25, -0.2) is 0 Å². The number of benzene rings is 1. The van der Waals surface area contributed by atoms with E-state index in [1.807, 2.05) is 18.2 Å². The van der Waals surface area contributed by atoms with Crippen molar-refractivity contribution in [3.8, 4) is 5.75 Å². The van der Waals surface area contributed by atoms with E-state index < -0.39 is 0 Å². The molecule has 21 heavy (non-hydrogen) atoms. The largest absolute Gasteiger partial charge is 0.495 e. The zero-order valence-electron chi connectivity index (χ0n) is 13.5. The molecule has 1 amide bonds. The molecule has 1 aliphatic carbocycles. The molecule has 0 aromatic heterocycles. The third-order valence-corrected chi connectivity index (χ3v) is 3.76. The van der Waals surface area contributed by atoms with Crippen LogP contribution in [0.1, 0.15) is 39.2 Å². The van der Waals surface area contributed by atoms with Crippen molar-refractivity contribution in [1.29, 1.82) is 0 Å². The van der Waals surface area contributed by atoms with Gasteiger partial charge >= 0.3 is 0 Å². The van der Waals surface area contributed by atoms with E-state index in [2.05, 4.69) is 31.4 Å². The van der Waals surface area contributed by atoms with Crippen LogP contribution >= 0.6 is 0 Å². The highest BCUT2D eigenvalue weighted by molar-refractivity contribution is 5.93. The molecule has 1 saturated carbocycles. The third-order valence-electron chi connectivity index (χ3n) is 3.76. The lowest BCUT2D eigenvalue weighted by molar-refractivity contribution is -0.115. The van der Waals surface area contributed by atoms with Crippen LogP contribution in [-0.2, 0) is 10.2 Å². The second kappa shape index (κ2) is 6.48. The number of carbonyl (C=O) groups excluding carboxylic acids is 1. The maximum absolute atomic E-state index is 12.0. The highest BCUT2D eigenvalue weighted by Crippen LogP contribution is 2.31. The molecule has 0 heterocycles. The Labute approximate surface area is 127 Å². The topological polar surface area (TPSA) is 50.4 Å². The molecule has 2 N–H and O–H groups in total. The molecular weight excluding hydrogens is 264 g/mol. The molecule has 1 fully saturated rings. The summed E-state index contributed by atoms with van der Waals surface area (Å²) < 4.78 is 5.33. The van der Waals surface area contributed by atoms with Gasteiger partial charge in [-0.1, -0.05) is 26.8 Å². The van der Waals surface area contributed by atoms with Gasteiger partial charge in [-0.2, -0.15) is 0 Å². The Bertz CT molecular complexity index is 502. The SMILES string of the molecule is COc1ccc(C(C)(C)C)cc1NC(=O)CNCC1CC1. The van der Waals surface area contributed by atoms with Crippen molar-refractivity contribution in [3.05, 3.63) is 23.8 Å². The van der Waals surface area contributed by atoms with Crippen LogP contribution in [0.2, 0.25) is 0 Å². The summed E-state index contributed by atoms with van der Waals surface area (Å²) >= 11 is 0. The average Bonchev–Trinajstić information content (AvgIpc) is 3.21. The number of carbonyl (C=O) groups is 1. The first-order valence-electron chi connectivity index (χ1n) is 7.59.